The molecule has 2 unspecified atom stereocenters. The highest BCUT2D eigenvalue weighted by atomic mass is 19.1. The summed E-state index contributed by atoms with van der Waals surface area (Å²) in [5, 5.41) is 17.7. The maximum Gasteiger partial charge on any atom is 0.159 e. The molecule has 6 rings (SSSR count). The van der Waals surface area contributed by atoms with Crippen LogP contribution in [0.4, 0.5) is 4.39 Å². The monoisotopic (exact) mass is 478 g/mol. The molecule has 0 spiro atoms. The van der Waals surface area contributed by atoms with Crippen LogP contribution in [0.3, 0.4) is 0 Å². The van der Waals surface area contributed by atoms with E-state index in [1.807, 2.05) is 0 Å². The van der Waals surface area contributed by atoms with Crippen LogP contribution in [-0.2, 0) is 19.4 Å². The van der Waals surface area contributed by atoms with Gasteiger partial charge in [-0.15, -0.1) is 0 Å². The first-order valence-corrected chi connectivity index (χ1v) is 13.0. The van der Waals surface area contributed by atoms with E-state index in [0.717, 1.165) is 60.7 Å². The Morgan fingerprint density at radius 3 is 2.80 bits per heavy atom. The van der Waals surface area contributed by atoms with E-state index in [9.17, 15) is 9.50 Å². The minimum absolute atomic E-state index is 0.0635. The summed E-state index contributed by atoms with van der Waals surface area (Å²) >= 11 is 0. The van der Waals surface area contributed by atoms with Crippen molar-refractivity contribution in [2.75, 3.05) is 26.7 Å². The zero-order chi connectivity index (χ0) is 24.1. The average Bonchev–Trinajstić information content (AvgIpc) is 3.48. The second-order valence-electron chi connectivity index (χ2n) is 10.6. The molecule has 2 aromatic heterocycles. The smallest absolute Gasteiger partial charge is 0.159 e. The maximum atomic E-state index is 14.2. The fourth-order valence-corrected chi connectivity index (χ4v) is 6.38. The Morgan fingerprint density at radius 2 is 2.00 bits per heavy atom. The van der Waals surface area contributed by atoms with E-state index >= 15 is 0 Å². The second-order valence-corrected chi connectivity index (χ2v) is 10.6. The molecule has 186 valence electrons. The number of halogens is 1. The lowest BCUT2D eigenvalue weighted by Gasteiger charge is -2.38. The van der Waals surface area contributed by atoms with Crippen LogP contribution in [-0.4, -0.2) is 67.8 Å². The van der Waals surface area contributed by atoms with Crippen molar-refractivity contribution in [1.82, 2.24) is 30.0 Å². The van der Waals surface area contributed by atoms with Gasteiger partial charge in [-0.25, -0.2) is 9.37 Å². The quantitative estimate of drug-likeness (QED) is 0.601. The van der Waals surface area contributed by atoms with Crippen molar-refractivity contribution in [3.8, 4) is 11.5 Å². The fraction of sp³-hybridized carbons (Fsp3) is 0.556. The largest absolute Gasteiger partial charge is 0.505 e. The first-order valence-electron chi connectivity index (χ1n) is 13.0. The molecular formula is C27H35FN6O. The number of fused-ring (bicyclic) bond motifs is 2. The fourth-order valence-electron chi connectivity index (χ4n) is 6.38. The molecule has 0 amide bonds. The molecule has 3 N–H and O–H groups in total. The van der Waals surface area contributed by atoms with Crippen molar-refractivity contribution in [2.45, 2.75) is 58.0 Å². The van der Waals surface area contributed by atoms with Crippen LogP contribution in [0.2, 0.25) is 0 Å². The van der Waals surface area contributed by atoms with Crippen LogP contribution >= 0.6 is 0 Å². The maximum absolute atomic E-state index is 14.2. The van der Waals surface area contributed by atoms with E-state index < -0.39 is 5.83 Å². The van der Waals surface area contributed by atoms with E-state index in [4.69, 9.17) is 4.98 Å². The second kappa shape index (κ2) is 9.06. The van der Waals surface area contributed by atoms with E-state index in [1.54, 1.807) is 6.08 Å². The van der Waals surface area contributed by atoms with Crippen molar-refractivity contribution in [3.05, 3.63) is 52.0 Å². The van der Waals surface area contributed by atoms with Gasteiger partial charge in [0.15, 0.2) is 5.82 Å². The van der Waals surface area contributed by atoms with Crippen LogP contribution in [0.15, 0.2) is 29.3 Å². The predicted octanol–water partition coefficient (Wildman–Crippen LogP) is 4.53. The number of rotatable bonds is 4. The number of likely N-dealkylation sites (tertiary alicyclic amines) is 1. The Labute approximate surface area is 205 Å². The van der Waals surface area contributed by atoms with E-state index in [0.29, 0.717) is 6.04 Å². The van der Waals surface area contributed by atoms with E-state index in [2.05, 4.69) is 51.1 Å². The van der Waals surface area contributed by atoms with Gasteiger partial charge in [0.2, 0.25) is 0 Å². The number of hydrogen-bond acceptors (Lipinski definition) is 5. The summed E-state index contributed by atoms with van der Waals surface area (Å²) in [4.78, 5) is 13.6. The number of aliphatic hydroxyl groups excluding tert-OH is 1. The highest BCUT2D eigenvalue weighted by Crippen LogP contribution is 2.41. The Hall–Kier alpha value is -2.71. The lowest BCUT2D eigenvalue weighted by atomic mass is 9.75. The summed E-state index contributed by atoms with van der Waals surface area (Å²) in [6, 6.07) is 0.660. The number of aliphatic hydroxyl groups is 1. The summed E-state index contributed by atoms with van der Waals surface area (Å²) in [6.45, 7) is 6.42. The number of aromatic amines is 2. The lowest BCUT2D eigenvalue weighted by molar-refractivity contribution is 0.108. The topological polar surface area (TPSA) is 84.1 Å². The predicted molar refractivity (Wildman–Crippen MR) is 134 cm³/mol. The highest BCUT2D eigenvalue weighted by molar-refractivity contribution is 5.71. The van der Waals surface area contributed by atoms with Gasteiger partial charge < -0.3 is 15.0 Å². The first-order chi connectivity index (χ1) is 17.0. The molecular weight excluding hydrogens is 443 g/mol. The molecule has 4 heterocycles. The van der Waals surface area contributed by atoms with Crippen LogP contribution in [0.5, 0.6) is 0 Å². The molecule has 2 aliphatic carbocycles. The van der Waals surface area contributed by atoms with Crippen molar-refractivity contribution in [2.24, 2.45) is 11.8 Å². The number of H-pyrrole nitrogens is 2. The molecule has 35 heavy (non-hydrogen) atoms. The lowest BCUT2D eigenvalue weighted by Crippen LogP contribution is -2.45. The third-order valence-corrected chi connectivity index (χ3v) is 8.52. The van der Waals surface area contributed by atoms with Gasteiger partial charge in [-0.3, -0.25) is 10.00 Å². The molecule has 0 bridgehead atoms. The third-order valence-electron chi connectivity index (χ3n) is 8.52. The van der Waals surface area contributed by atoms with E-state index in [-0.39, 0.29) is 24.0 Å². The van der Waals surface area contributed by atoms with Gasteiger partial charge in [0.1, 0.15) is 17.3 Å². The molecule has 1 fully saturated rings. The van der Waals surface area contributed by atoms with Crippen LogP contribution < -0.4 is 0 Å². The molecule has 8 heteroatoms. The minimum atomic E-state index is -0.410. The molecule has 2 atom stereocenters. The normalized spacial score (nSPS) is 26.1. The first kappa shape index (κ1) is 22.7. The number of imidazole rings is 1. The number of piperidine rings is 1. The molecule has 0 radical (unpaired) electrons. The summed E-state index contributed by atoms with van der Waals surface area (Å²) in [5.74, 6) is 0.458. The van der Waals surface area contributed by atoms with Gasteiger partial charge >= 0.3 is 0 Å². The van der Waals surface area contributed by atoms with Gasteiger partial charge in [-0.1, -0.05) is 24.6 Å². The molecule has 7 nitrogen and oxygen atoms in total. The average molecular weight is 479 g/mol. The molecule has 1 saturated heterocycles. The van der Waals surface area contributed by atoms with Crippen molar-refractivity contribution in [3.63, 3.8) is 0 Å². The number of hydrogen-bond donors (Lipinski definition) is 3. The zero-order valence-electron chi connectivity index (χ0n) is 20.6. The van der Waals surface area contributed by atoms with E-state index in [1.165, 1.54) is 37.3 Å². The molecule has 0 saturated carbocycles. The van der Waals surface area contributed by atoms with Crippen LogP contribution in [0.25, 0.3) is 17.6 Å². The molecule has 0 aromatic carbocycles. The number of aromatic nitrogens is 4. The van der Waals surface area contributed by atoms with Crippen LogP contribution in [0.1, 0.15) is 55.3 Å². The Balaban J connectivity index is 1.19. The third kappa shape index (κ3) is 4.16. The Kier molecular flexibility index (Phi) is 5.89. The molecule has 4 aliphatic rings. The van der Waals surface area contributed by atoms with Crippen LogP contribution in [0, 0.1) is 11.8 Å². The van der Waals surface area contributed by atoms with Crippen molar-refractivity contribution >= 4 is 6.08 Å². The Morgan fingerprint density at radius 1 is 1.17 bits per heavy atom. The van der Waals surface area contributed by atoms with Gasteiger partial charge in [0.05, 0.1) is 11.4 Å². The summed E-state index contributed by atoms with van der Waals surface area (Å²) in [7, 11) is 2.21. The summed E-state index contributed by atoms with van der Waals surface area (Å²) in [5.41, 5.74) is 6.52. The van der Waals surface area contributed by atoms with Gasteiger partial charge in [-0.05, 0) is 63.7 Å². The zero-order valence-corrected chi connectivity index (χ0v) is 20.6. The van der Waals surface area contributed by atoms with Gasteiger partial charge in [-0.2, -0.15) is 5.10 Å². The summed E-state index contributed by atoms with van der Waals surface area (Å²) < 4.78 is 14.2. The highest BCUT2D eigenvalue weighted by Gasteiger charge is 2.33. The van der Waals surface area contributed by atoms with Gasteiger partial charge in [0, 0.05) is 43.2 Å². The number of allylic oxidation sites excluding steroid dienone is 4. The standard InChI is InChI=1S/C27H35FN6O/c1-3-16-13-25(35)21(28)14-20(16)17-4-5-19-23(12-17)31-32-26(19)27-29-22-8-11-34(15-24(22)30-27)18-6-9-33(2)10-7-18/h4-5,13,17-18,20,35H,3,6-12,14-15H2,1-2H3,(H,29,30)(H,31,32). The van der Waals surface area contributed by atoms with Crippen molar-refractivity contribution in [1.29, 1.82) is 0 Å². The number of nitrogens with one attached hydrogen (secondary N) is 2. The van der Waals surface area contributed by atoms with Gasteiger partial charge in [0.25, 0.3) is 0 Å². The molecule has 2 aromatic rings. The molecule has 2 aliphatic heterocycles. The number of nitrogens with zero attached hydrogens (tertiary/aromatic N) is 4. The Bertz CT molecular complexity index is 1200. The SMILES string of the molecule is CCC1=CC(O)=C(F)CC1C1C=Cc2c(-c3nc4c([nH]3)CN(C3CCN(C)CC3)CC4)n[nH]c2C1. The minimum Gasteiger partial charge on any atom is -0.505 e. The summed E-state index contributed by atoms with van der Waals surface area (Å²) in [6.07, 6.45) is 11.2. The van der Waals surface area contributed by atoms with Crippen molar-refractivity contribution < 1.29 is 9.50 Å².